The van der Waals surface area contributed by atoms with E-state index in [9.17, 15) is 0 Å². The van der Waals surface area contributed by atoms with Gasteiger partial charge in [-0.15, -0.1) is 11.8 Å². The molecule has 4 aliphatic rings. The molecule has 0 fully saturated rings. The summed E-state index contributed by atoms with van der Waals surface area (Å²) in [6, 6.07) is 8.62. The molecule has 168 valence electrons. The smallest absolute Gasteiger partial charge is 0.106 e. The Bertz CT molecular complexity index is 1150. The lowest BCUT2D eigenvalue weighted by Crippen LogP contribution is -2.28. The second-order valence-electron chi connectivity index (χ2n) is 9.00. The van der Waals surface area contributed by atoms with Crippen molar-refractivity contribution in [2.75, 3.05) is 12.3 Å². The average molecular weight is 454 g/mol. The maximum absolute atomic E-state index is 4.84. The molecule has 5 rings (SSSR count). The monoisotopic (exact) mass is 453 g/mol. The van der Waals surface area contributed by atoms with E-state index in [0.717, 1.165) is 37.4 Å². The molecule has 0 amide bonds. The Hall–Kier alpha value is -2.85. The van der Waals surface area contributed by atoms with E-state index in [2.05, 4.69) is 72.3 Å². The summed E-state index contributed by atoms with van der Waals surface area (Å²) in [5.41, 5.74) is 10.2. The summed E-state index contributed by atoms with van der Waals surface area (Å²) >= 11 is 1.96. The molecule has 0 spiro atoms. The highest BCUT2D eigenvalue weighted by molar-refractivity contribution is 8.02. The molecule has 0 bridgehead atoms. The number of allylic oxidation sites excluding steroid dienone is 6. The number of hydrogen-bond donors (Lipinski definition) is 1. The first-order valence-electron chi connectivity index (χ1n) is 12.0. The van der Waals surface area contributed by atoms with Gasteiger partial charge < -0.3 is 5.32 Å². The molecule has 0 unspecified atom stereocenters. The molecular weight excluding hydrogens is 422 g/mol. The molecule has 3 nitrogen and oxygen atoms in total. The zero-order chi connectivity index (χ0) is 22.5. The minimum atomic E-state index is 0.737. The van der Waals surface area contributed by atoms with Crippen LogP contribution >= 0.6 is 11.8 Å². The molecule has 0 saturated carbocycles. The van der Waals surface area contributed by atoms with Crippen LogP contribution in [-0.4, -0.2) is 23.8 Å². The Labute approximate surface area is 201 Å². The molecule has 0 aromatic heterocycles. The predicted octanol–water partition coefficient (Wildman–Crippen LogP) is 6.96. The molecule has 0 atom stereocenters. The summed E-state index contributed by atoms with van der Waals surface area (Å²) in [5.74, 6) is 2.26. The van der Waals surface area contributed by atoms with E-state index < -0.39 is 0 Å². The summed E-state index contributed by atoms with van der Waals surface area (Å²) in [6.45, 7) is 2.85. The van der Waals surface area contributed by atoms with Crippen molar-refractivity contribution in [1.29, 1.82) is 0 Å². The van der Waals surface area contributed by atoms with E-state index in [1.807, 2.05) is 18.0 Å². The van der Waals surface area contributed by atoms with Gasteiger partial charge in [0.25, 0.3) is 0 Å². The van der Waals surface area contributed by atoms with Gasteiger partial charge in [-0.25, -0.2) is 0 Å². The van der Waals surface area contributed by atoms with Crippen molar-refractivity contribution in [2.45, 2.75) is 45.4 Å². The van der Waals surface area contributed by atoms with Gasteiger partial charge in [-0.1, -0.05) is 54.1 Å². The molecule has 0 radical (unpaired) electrons. The Kier molecular flexibility index (Phi) is 6.92. The molecule has 1 N–H and O–H groups in total. The van der Waals surface area contributed by atoms with Gasteiger partial charge in [0.1, 0.15) is 5.84 Å². The van der Waals surface area contributed by atoms with Gasteiger partial charge in [0.2, 0.25) is 0 Å². The first kappa shape index (κ1) is 22.0. The SMILES string of the molecule is Cc1ccc(C2=NC=C(CC3=NCC4=C(C=C(C5=CSCCCC5)CC=C4)N3)C=CC2)cc1. The number of hydrogen-bond acceptors (Lipinski definition) is 4. The number of rotatable bonds is 4. The van der Waals surface area contributed by atoms with Crippen LogP contribution in [0.15, 0.2) is 104 Å². The van der Waals surface area contributed by atoms with Crippen LogP contribution in [0.4, 0.5) is 0 Å². The number of nitrogens with zero attached hydrogens (tertiary/aromatic N) is 2. The van der Waals surface area contributed by atoms with Crippen LogP contribution < -0.4 is 5.32 Å². The highest BCUT2D eigenvalue weighted by atomic mass is 32.2. The standard InChI is InChI=1S/C29H31N3S/c1-21-11-13-23(14-12-21)27-10-4-6-22(18-30-27)16-29-31-19-25-9-5-8-24(17-28(25)32-29)26-7-2-3-15-33-20-26/h4-6,9,11-14,17-18,20H,2-3,7-8,10,15-16,19H2,1H3,(H,31,32). The zero-order valence-electron chi connectivity index (χ0n) is 19.3. The van der Waals surface area contributed by atoms with E-state index in [4.69, 9.17) is 9.98 Å². The largest absolute Gasteiger partial charge is 0.343 e. The molecule has 3 heterocycles. The molecule has 0 saturated heterocycles. The summed E-state index contributed by atoms with van der Waals surface area (Å²) in [7, 11) is 0. The van der Waals surface area contributed by atoms with E-state index >= 15 is 0 Å². The van der Waals surface area contributed by atoms with Gasteiger partial charge in [0.15, 0.2) is 0 Å². The van der Waals surface area contributed by atoms with Crippen LogP contribution in [0, 0.1) is 6.92 Å². The maximum Gasteiger partial charge on any atom is 0.106 e. The van der Waals surface area contributed by atoms with Crippen molar-refractivity contribution in [1.82, 2.24) is 5.32 Å². The lowest BCUT2D eigenvalue weighted by molar-refractivity contribution is 0.802. The highest BCUT2D eigenvalue weighted by Crippen LogP contribution is 2.31. The molecule has 3 aliphatic heterocycles. The lowest BCUT2D eigenvalue weighted by atomic mass is 9.98. The van der Waals surface area contributed by atoms with Crippen molar-refractivity contribution in [2.24, 2.45) is 9.98 Å². The third-order valence-corrected chi connectivity index (χ3v) is 7.40. The summed E-state index contributed by atoms with van der Waals surface area (Å²) in [5, 5.41) is 6.03. The highest BCUT2D eigenvalue weighted by Gasteiger charge is 2.17. The average Bonchev–Trinajstić information content (AvgIpc) is 3.31. The van der Waals surface area contributed by atoms with E-state index in [1.165, 1.54) is 64.1 Å². The van der Waals surface area contributed by atoms with Gasteiger partial charge in [0, 0.05) is 24.7 Å². The number of thioether (sulfide) groups is 1. The quantitative estimate of drug-likeness (QED) is 0.535. The topological polar surface area (TPSA) is 36.8 Å². The van der Waals surface area contributed by atoms with Gasteiger partial charge in [-0.2, -0.15) is 0 Å². The van der Waals surface area contributed by atoms with Crippen LogP contribution in [0.1, 0.15) is 49.7 Å². The summed E-state index contributed by atoms with van der Waals surface area (Å²) in [6.07, 6.45) is 19.7. The summed E-state index contributed by atoms with van der Waals surface area (Å²) < 4.78 is 0. The molecule has 1 aliphatic carbocycles. The third kappa shape index (κ3) is 5.56. The second-order valence-corrected chi connectivity index (χ2v) is 9.98. The molecule has 1 aromatic rings. The number of aryl methyl sites for hydroxylation is 1. The Morgan fingerprint density at radius 3 is 2.79 bits per heavy atom. The van der Waals surface area contributed by atoms with Crippen LogP contribution in [0.25, 0.3) is 0 Å². The van der Waals surface area contributed by atoms with Crippen molar-refractivity contribution in [3.8, 4) is 0 Å². The first-order chi connectivity index (χ1) is 16.2. The van der Waals surface area contributed by atoms with Gasteiger partial charge >= 0.3 is 0 Å². The van der Waals surface area contributed by atoms with Crippen LogP contribution in [0.3, 0.4) is 0 Å². The second kappa shape index (κ2) is 10.4. The predicted molar refractivity (Wildman–Crippen MR) is 143 cm³/mol. The Morgan fingerprint density at radius 2 is 1.88 bits per heavy atom. The van der Waals surface area contributed by atoms with Crippen molar-refractivity contribution in [3.63, 3.8) is 0 Å². The minimum Gasteiger partial charge on any atom is -0.343 e. The molecule has 33 heavy (non-hydrogen) atoms. The number of nitrogens with one attached hydrogen (secondary N) is 1. The minimum absolute atomic E-state index is 0.737. The van der Waals surface area contributed by atoms with Gasteiger partial charge in [0.05, 0.1) is 12.3 Å². The van der Waals surface area contributed by atoms with Crippen molar-refractivity contribution < 1.29 is 0 Å². The fourth-order valence-electron chi connectivity index (χ4n) is 4.47. The van der Waals surface area contributed by atoms with Gasteiger partial charge in [-0.3, -0.25) is 9.98 Å². The van der Waals surface area contributed by atoms with Crippen LogP contribution in [0.2, 0.25) is 0 Å². The first-order valence-corrected chi connectivity index (χ1v) is 13.0. The van der Waals surface area contributed by atoms with Gasteiger partial charge in [-0.05, 0) is 77.7 Å². The van der Waals surface area contributed by atoms with E-state index in [-0.39, 0.29) is 0 Å². The van der Waals surface area contributed by atoms with Crippen molar-refractivity contribution in [3.05, 3.63) is 105 Å². The fourth-order valence-corrected chi connectivity index (χ4v) is 5.43. The summed E-state index contributed by atoms with van der Waals surface area (Å²) in [4.78, 5) is 9.66. The number of benzene rings is 1. The van der Waals surface area contributed by atoms with E-state index in [0.29, 0.717) is 0 Å². The zero-order valence-corrected chi connectivity index (χ0v) is 20.1. The third-order valence-electron chi connectivity index (χ3n) is 6.42. The van der Waals surface area contributed by atoms with Crippen LogP contribution in [0.5, 0.6) is 0 Å². The molecule has 1 aromatic carbocycles. The normalized spacial score (nSPS) is 20.8. The molecular formula is C29H31N3S. The van der Waals surface area contributed by atoms with E-state index in [1.54, 1.807) is 0 Å². The Balaban J connectivity index is 1.30. The number of amidine groups is 1. The number of aliphatic imine (C=N–C) groups is 2. The van der Waals surface area contributed by atoms with Crippen molar-refractivity contribution >= 4 is 23.3 Å². The van der Waals surface area contributed by atoms with Crippen LogP contribution in [-0.2, 0) is 0 Å². The molecule has 4 heteroatoms. The fraction of sp³-hybridized carbons (Fsp3) is 0.310. The lowest BCUT2D eigenvalue weighted by Gasteiger charge is -2.19. The Morgan fingerprint density at radius 1 is 1.00 bits per heavy atom. The maximum atomic E-state index is 4.84.